The SMILES string of the molecule is Cc1cc(C)cc(OCCCN2C(=O)NC(C)(c3cccc(Br)c3)C2=O)c1. The number of nitrogens with one attached hydrogen (secondary N) is 1. The largest absolute Gasteiger partial charge is 0.494 e. The number of carbonyl (C=O) groups is 2. The maximum Gasteiger partial charge on any atom is 0.325 e. The summed E-state index contributed by atoms with van der Waals surface area (Å²) in [4.78, 5) is 26.5. The molecule has 1 aliphatic heterocycles. The maximum absolute atomic E-state index is 12.9. The van der Waals surface area contributed by atoms with Gasteiger partial charge in [0.05, 0.1) is 6.61 Å². The van der Waals surface area contributed by atoms with Crippen molar-refractivity contribution in [3.8, 4) is 5.75 Å². The van der Waals surface area contributed by atoms with Crippen molar-refractivity contribution in [3.05, 3.63) is 63.6 Å². The van der Waals surface area contributed by atoms with Crippen molar-refractivity contribution in [2.45, 2.75) is 32.7 Å². The molecule has 1 atom stereocenters. The number of aryl methyl sites for hydroxylation is 2. The smallest absolute Gasteiger partial charge is 0.325 e. The quantitative estimate of drug-likeness (QED) is 0.548. The molecule has 6 heteroatoms. The van der Waals surface area contributed by atoms with Crippen LogP contribution in [0, 0.1) is 13.8 Å². The van der Waals surface area contributed by atoms with Crippen molar-refractivity contribution >= 4 is 27.9 Å². The molecule has 3 rings (SSSR count). The van der Waals surface area contributed by atoms with Gasteiger partial charge in [-0.2, -0.15) is 0 Å². The lowest BCUT2D eigenvalue weighted by atomic mass is 9.92. The van der Waals surface area contributed by atoms with Crippen LogP contribution in [-0.4, -0.2) is 30.0 Å². The van der Waals surface area contributed by atoms with Crippen LogP contribution in [0.4, 0.5) is 4.79 Å². The Morgan fingerprint density at radius 3 is 2.48 bits per heavy atom. The van der Waals surface area contributed by atoms with Gasteiger partial charge in [0.2, 0.25) is 0 Å². The molecule has 1 saturated heterocycles. The number of amides is 3. The molecule has 1 fully saturated rings. The molecule has 1 N–H and O–H groups in total. The monoisotopic (exact) mass is 430 g/mol. The zero-order valence-electron chi connectivity index (χ0n) is 15.7. The number of rotatable bonds is 6. The lowest BCUT2D eigenvalue weighted by molar-refractivity contribution is -0.131. The van der Waals surface area contributed by atoms with Gasteiger partial charge in [0.1, 0.15) is 11.3 Å². The number of hydrogen-bond acceptors (Lipinski definition) is 3. The first kappa shape index (κ1) is 19.4. The van der Waals surface area contributed by atoms with E-state index in [0.29, 0.717) is 19.6 Å². The molecular weight excluding hydrogens is 408 g/mol. The molecule has 0 bridgehead atoms. The van der Waals surface area contributed by atoms with Gasteiger partial charge in [-0.3, -0.25) is 9.69 Å². The van der Waals surface area contributed by atoms with Crippen LogP contribution in [0.3, 0.4) is 0 Å². The van der Waals surface area contributed by atoms with E-state index in [0.717, 1.165) is 26.9 Å². The summed E-state index contributed by atoms with van der Waals surface area (Å²) in [6, 6.07) is 13.1. The molecule has 5 nitrogen and oxygen atoms in total. The summed E-state index contributed by atoms with van der Waals surface area (Å²) < 4.78 is 6.64. The molecule has 2 aromatic rings. The molecule has 0 aromatic heterocycles. The molecule has 1 heterocycles. The first-order valence-corrected chi connectivity index (χ1v) is 9.70. The van der Waals surface area contributed by atoms with Crippen LogP contribution in [0.15, 0.2) is 46.9 Å². The first-order valence-electron chi connectivity index (χ1n) is 8.91. The zero-order valence-corrected chi connectivity index (χ0v) is 17.3. The van der Waals surface area contributed by atoms with E-state index in [4.69, 9.17) is 4.74 Å². The Bertz CT molecular complexity index is 863. The second-order valence-corrected chi connectivity index (χ2v) is 7.96. The normalized spacial score (nSPS) is 19.3. The number of benzene rings is 2. The molecular formula is C21H23BrN2O3. The van der Waals surface area contributed by atoms with Crippen molar-refractivity contribution in [2.75, 3.05) is 13.2 Å². The van der Waals surface area contributed by atoms with Gasteiger partial charge in [-0.25, -0.2) is 4.79 Å². The van der Waals surface area contributed by atoms with Gasteiger partial charge in [0.15, 0.2) is 0 Å². The Morgan fingerprint density at radius 1 is 1.11 bits per heavy atom. The van der Waals surface area contributed by atoms with E-state index < -0.39 is 5.54 Å². The summed E-state index contributed by atoms with van der Waals surface area (Å²) in [5, 5.41) is 2.82. The second-order valence-electron chi connectivity index (χ2n) is 7.05. The van der Waals surface area contributed by atoms with Crippen LogP contribution < -0.4 is 10.1 Å². The number of carbonyl (C=O) groups excluding carboxylic acids is 2. The highest BCUT2D eigenvalue weighted by Gasteiger charge is 2.48. The third kappa shape index (κ3) is 4.16. The average molecular weight is 431 g/mol. The Balaban J connectivity index is 1.61. The van der Waals surface area contributed by atoms with Crippen LogP contribution in [-0.2, 0) is 10.3 Å². The van der Waals surface area contributed by atoms with Gasteiger partial charge in [-0.05, 0) is 68.1 Å². The highest BCUT2D eigenvalue weighted by Crippen LogP contribution is 2.30. The molecule has 0 spiro atoms. The number of hydrogen-bond donors (Lipinski definition) is 1. The second kappa shape index (κ2) is 7.72. The Hall–Kier alpha value is -2.34. The minimum Gasteiger partial charge on any atom is -0.494 e. The number of imide groups is 1. The lowest BCUT2D eigenvalue weighted by Crippen LogP contribution is -2.41. The van der Waals surface area contributed by atoms with Crippen LogP contribution in [0.1, 0.15) is 30.0 Å². The summed E-state index contributed by atoms with van der Waals surface area (Å²) in [7, 11) is 0. The summed E-state index contributed by atoms with van der Waals surface area (Å²) in [5.74, 6) is 0.570. The van der Waals surface area contributed by atoms with Crippen LogP contribution in [0.5, 0.6) is 5.75 Å². The van der Waals surface area contributed by atoms with E-state index in [1.54, 1.807) is 6.92 Å². The van der Waals surface area contributed by atoms with Crippen molar-refractivity contribution in [1.82, 2.24) is 10.2 Å². The molecule has 1 aliphatic rings. The van der Waals surface area contributed by atoms with E-state index in [2.05, 4.69) is 27.3 Å². The average Bonchev–Trinajstić information content (AvgIpc) is 2.81. The predicted octanol–water partition coefficient (Wildman–Crippen LogP) is 4.30. The summed E-state index contributed by atoms with van der Waals surface area (Å²) >= 11 is 3.41. The van der Waals surface area contributed by atoms with Gasteiger partial charge in [0, 0.05) is 11.0 Å². The molecule has 0 saturated carbocycles. The number of ether oxygens (including phenoxy) is 1. The van der Waals surface area contributed by atoms with E-state index in [-0.39, 0.29) is 11.9 Å². The predicted molar refractivity (Wildman–Crippen MR) is 108 cm³/mol. The lowest BCUT2D eigenvalue weighted by Gasteiger charge is -2.22. The first-order chi connectivity index (χ1) is 12.8. The van der Waals surface area contributed by atoms with Crippen molar-refractivity contribution in [2.24, 2.45) is 0 Å². The summed E-state index contributed by atoms with van der Waals surface area (Å²) in [6.45, 7) is 6.54. The zero-order chi connectivity index (χ0) is 19.6. The fourth-order valence-corrected chi connectivity index (χ4v) is 3.72. The number of nitrogens with zero attached hydrogens (tertiary/aromatic N) is 1. The van der Waals surface area contributed by atoms with Crippen molar-refractivity contribution in [3.63, 3.8) is 0 Å². The molecule has 0 aliphatic carbocycles. The van der Waals surface area contributed by atoms with Gasteiger partial charge < -0.3 is 10.1 Å². The minimum atomic E-state index is -1.05. The van der Waals surface area contributed by atoms with E-state index >= 15 is 0 Å². The van der Waals surface area contributed by atoms with Gasteiger partial charge in [-0.1, -0.05) is 34.1 Å². The molecule has 0 radical (unpaired) electrons. The molecule has 2 aromatic carbocycles. The fraction of sp³-hybridized carbons (Fsp3) is 0.333. The molecule has 1 unspecified atom stereocenters. The highest BCUT2D eigenvalue weighted by atomic mass is 79.9. The number of halogens is 1. The van der Waals surface area contributed by atoms with Crippen molar-refractivity contribution in [1.29, 1.82) is 0 Å². The third-order valence-corrected chi connectivity index (χ3v) is 5.16. The Morgan fingerprint density at radius 2 is 1.81 bits per heavy atom. The number of urea groups is 1. The van der Waals surface area contributed by atoms with Gasteiger partial charge in [-0.15, -0.1) is 0 Å². The third-order valence-electron chi connectivity index (χ3n) is 4.67. The van der Waals surface area contributed by atoms with Crippen LogP contribution >= 0.6 is 15.9 Å². The molecule has 27 heavy (non-hydrogen) atoms. The minimum absolute atomic E-state index is 0.239. The topological polar surface area (TPSA) is 58.6 Å². The maximum atomic E-state index is 12.9. The molecule has 3 amide bonds. The highest BCUT2D eigenvalue weighted by molar-refractivity contribution is 9.10. The van der Waals surface area contributed by atoms with Crippen LogP contribution in [0.2, 0.25) is 0 Å². The van der Waals surface area contributed by atoms with E-state index in [9.17, 15) is 9.59 Å². The summed E-state index contributed by atoms with van der Waals surface area (Å²) in [6.07, 6.45) is 0.570. The van der Waals surface area contributed by atoms with Gasteiger partial charge in [0.25, 0.3) is 5.91 Å². The van der Waals surface area contributed by atoms with Crippen molar-refractivity contribution < 1.29 is 14.3 Å². The van der Waals surface area contributed by atoms with E-state index in [1.807, 2.05) is 50.2 Å². The fourth-order valence-electron chi connectivity index (χ4n) is 3.32. The van der Waals surface area contributed by atoms with E-state index in [1.165, 1.54) is 4.90 Å². The molecule has 142 valence electrons. The summed E-state index contributed by atoms with van der Waals surface area (Å²) in [5.41, 5.74) is 1.99. The Labute approximate surface area is 167 Å². The van der Waals surface area contributed by atoms with Crippen LogP contribution in [0.25, 0.3) is 0 Å². The Kier molecular flexibility index (Phi) is 5.56. The van der Waals surface area contributed by atoms with Gasteiger partial charge >= 0.3 is 6.03 Å². The standard InChI is InChI=1S/C21H23BrN2O3/c1-14-10-15(2)12-18(11-14)27-9-5-8-24-19(25)21(3,23-20(24)26)16-6-4-7-17(22)13-16/h4,6-7,10-13H,5,8-9H2,1-3H3,(H,23,26).